The fourth-order valence-electron chi connectivity index (χ4n) is 4.04. The van der Waals surface area contributed by atoms with Crippen LogP contribution in [0.2, 0.25) is 5.02 Å². The van der Waals surface area contributed by atoms with Gasteiger partial charge in [-0.25, -0.2) is 4.79 Å². The summed E-state index contributed by atoms with van der Waals surface area (Å²) < 4.78 is 14.8. The number of nitrogens with zero attached hydrogens (tertiary/aromatic N) is 1. The molecule has 0 radical (unpaired) electrons. The van der Waals surface area contributed by atoms with Crippen LogP contribution in [0.5, 0.6) is 0 Å². The molecule has 4 rings (SSSR count). The van der Waals surface area contributed by atoms with E-state index in [-0.39, 0.29) is 11.9 Å². The summed E-state index contributed by atoms with van der Waals surface area (Å²) in [4.78, 5) is 41.3. The first-order valence-electron chi connectivity index (χ1n) is 10.2. The molecule has 8 heteroatoms. The minimum absolute atomic E-state index is 0.153. The average Bonchev–Trinajstić information content (AvgIpc) is 3.52. The smallest absolute Gasteiger partial charge is 0.431 e. The second-order valence-electron chi connectivity index (χ2n) is 8.44. The molecular weight excluding hydrogens is 410 g/mol. The van der Waals surface area contributed by atoms with E-state index in [0.29, 0.717) is 28.8 Å². The van der Waals surface area contributed by atoms with Gasteiger partial charge in [-0.15, -0.1) is 0 Å². The number of halogens is 1. The molecule has 2 saturated carbocycles. The van der Waals surface area contributed by atoms with Crippen molar-refractivity contribution < 1.29 is 28.6 Å². The molecule has 7 nitrogen and oxygen atoms in total. The van der Waals surface area contributed by atoms with E-state index in [2.05, 4.69) is 4.99 Å². The molecule has 0 aromatic heterocycles. The molecule has 0 amide bonds. The van der Waals surface area contributed by atoms with Crippen LogP contribution in [0.25, 0.3) is 0 Å². The van der Waals surface area contributed by atoms with Crippen molar-refractivity contribution in [2.45, 2.75) is 58.8 Å². The van der Waals surface area contributed by atoms with Crippen LogP contribution in [0, 0.1) is 17.8 Å². The van der Waals surface area contributed by atoms with Crippen molar-refractivity contribution in [3.8, 4) is 0 Å². The van der Waals surface area contributed by atoms with E-state index in [9.17, 15) is 14.4 Å². The molecule has 0 saturated heterocycles. The van der Waals surface area contributed by atoms with Gasteiger partial charge in [0, 0.05) is 40.6 Å². The van der Waals surface area contributed by atoms with Crippen LogP contribution in [0.1, 0.15) is 62.4 Å². The lowest BCUT2D eigenvalue weighted by Crippen LogP contribution is -2.25. The van der Waals surface area contributed by atoms with Crippen molar-refractivity contribution in [1.29, 1.82) is 0 Å². The van der Waals surface area contributed by atoms with E-state index in [0.717, 1.165) is 23.4 Å². The van der Waals surface area contributed by atoms with Gasteiger partial charge in [0.15, 0.2) is 5.78 Å². The third kappa shape index (κ3) is 4.08. The molecule has 0 N–H and O–H groups in total. The van der Waals surface area contributed by atoms with Gasteiger partial charge in [-0.3, -0.25) is 14.6 Å². The minimum Gasteiger partial charge on any atom is -0.431 e. The van der Waals surface area contributed by atoms with Gasteiger partial charge in [0.1, 0.15) is 0 Å². The summed E-state index contributed by atoms with van der Waals surface area (Å²) in [6.07, 6.45) is -0.902. The Morgan fingerprint density at radius 2 is 1.77 bits per heavy atom. The second kappa shape index (κ2) is 7.69. The molecule has 1 heterocycles. The van der Waals surface area contributed by atoms with Crippen LogP contribution in [0.15, 0.2) is 17.1 Å². The number of hydrogen-bond donors (Lipinski definition) is 0. The van der Waals surface area contributed by atoms with E-state index in [1.165, 1.54) is 6.92 Å². The number of ketones is 1. The molecule has 3 aliphatic rings. The zero-order valence-corrected chi connectivity index (χ0v) is 18.1. The first-order chi connectivity index (χ1) is 14.2. The maximum atomic E-state index is 12.9. The Bertz CT molecular complexity index is 955. The number of esters is 1. The zero-order chi connectivity index (χ0) is 21.7. The Hall–Kier alpha value is -2.41. The van der Waals surface area contributed by atoms with Gasteiger partial charge in [0.25, 0.3) is 0 Å². The third-order valence-electron chi connectivity index (χ3n) is 5.69. The maximum absolute atomic E-state index is 12.9. The normalized spacial score (nSPS) is 26.7. The molecule has 5 atom stereocenters. The summed E-state index contributed by atoms with van der Waals surface area (Å²) in [5.41, 5.74) is 3.31. The minimum atomic E-state index is -1.10. The molecule has 2 aliphatic carbocycles. The third-order valence-corrected chi connectivity index (χ3v) is 6.01. The number of carbonyl (C=O) groups is 3. The average molecular weight is 434 g/mol. The van der Waals surface area contributed by atoms with Crippen molar-refractivity contribution in [3.05, 3.63) is 28.3 Å². The molecule has 5 unspecified atom stereocenters. The fraction of sp³-hybridized carbons (Fsp3) is 0.545. The fourth-order valence-corrected chi connectivity index (χ4v) is 4.40. The van der Waals surface area contributed by atoms with Crippen molar-refractivity contribution >= 4 is 40.9 Å². The quantitative estimate of drug-likeness (QED) is 0.363. The Kier molecular flexibility index (Phi) is 5.34. The van der Waals surface area contributed by atoms with E-state index >= 15 is 0 Å². The van der Waals surface area contributed by atoms with Gasteiger partial charge < -0.3 is 14.2 Å². The molecule has 0 spiro atoms. The molecule has 1 aromatic carbocycles. The maximum Gasteiger partial charge on any atom is 0.511 e. The number of carbonyl (C=O) groups excluding carboxylic acids is 3. The van der Waals surface area contributed by atoms with Crippen LogP contribution in [0.3, 0.4) is 0 Å². The van der Waals surface area contributed by atoms with E-state index in [1.54, 1.807) is 26.0 Å². The topological polar surface area (TPSA) is 91.3 Å². The number of benzene rings is 1. The second-order valence-corrected chi connectivity index (χ2v) is 8.85. The molecule has 1 aliphatic heterocycles. The molecular formula is C22H24ClNO6. The highest BCUT2D eigenvalue weighted by molar-refractivity contribution is 6.32. The highest BCUT2D eigenvalue weighted by atomic mass is 35.5. The van der Waals surface area contributed by atoms with Gasteiger partial charge >= 0.3 is 12.1 Å². The lowest BCUT2D eigenvalue weighted by atomic mass is 9.97. The summed E-state index contributed by atoms with van der Waals surface area (Å²) in [5.74, 6) is -0.874. The van der Waals surface area contributed by atoms with E-state index in [4.69, 9.17) is 25.8 Å². The number of Topliss-reactive ketones (excluding diaryl/α,β-unsaturated/α-hetero) is 1. The van der Waals surface area contributed by atoms with Crippen molar-refractivity contribution in [3.63, 3.8) is 0 Å². The highest BCUT2D eigenvalue weighted by Gasteiger charge is 2.50. The van der Waals surface area contributed by atoms with E-state index in [1.807, 2.05) is 6.92 Å². The van der Waals surface area contributed by atoms with Crippen LogP contribution >= 0.6 is 11.6 Å². The SMILES string of the molecule is CC1=Nc2cc(C(=O)C3CC3C(=O)OC(C)OC(=O)OC(C)C)cc(Cl)c2C2CC12. The zero-order valence-electron chi connectivity index (χ0n) is 17.3. The van der Waals surface area contributed by atoms with E-state index < -0.39 is 30.3 Å². The molecule has 2 fully saturated rings. The molecule has 160 valence electrons. The summed E-state index contributed by atoms with van der Waals surface area (Å²) in [5, 5.41) is 0.560. The predicted molar refractivity (Wildman–Crippen MR) is 109 cm³/mol. The Morgan fingerprint density at radius 3 is 2.47 bits per heavy atom. The molecule has 1 aromatic rings. The summed E-state index contributed by atoms with van der Waals surface area (Å²) >= 11 is 6.46. The van der Waals surface area contributed by atoms with Crippen LogP contribution in [0.4, 0.5) is 10.5 Å². The highest BCUT2D eigenvalue weighted by Crippen LogP contribution is 2.57. The molecule has 0 bridgehead atoms. The Balaban J connectivity index is 1.37. The van der Waals surface area contributed by atoms with Crippen LogP contribution < -0.4 is 0 Å². The first kappa shape index (κ1) is 20.8. The number of rotatable bonds is 6. The van der Waals surface area contributed by atoms with Gasteiger partial charge in [-0.1, -0.05) is 11.6 Å². The predicted octanol–water partition coefficient (Wildman–Crippen LogP) is 4.82. The monoisotopic (exact) mass is 433 g/mol. The van der Waals surface area contributed by atoms with Gasteiger partial charge in [-0.2, -0.15) is 0 Å². The van der Waals surface area contributed by atoms with Crippen LogP contribution in [-0.2, 0) is 19.0 Å². The van der Waals surface area contributed by atoms with Crippen molar-refractivity contribution in [2.24, 2.45) is 22.7 Å². The van der Waals surface area contributed by atoms with Crippen molar-refractivity contribution in [1.82, 2.24) is 0 Å². The Labute approximate surface area is 179 Å². The van der Waals surface area contributed by atoms with Crippen molar-refractivity contribution in [2.75, 3.05) is 0 Å². The number of hydrogen-bond acceptors (Lipinski definition) is 7. The largest absolute Gasteiger partial charge is 0.511 e. The first-order valence-corrected chi connectivity index (χ1v) is 10.5. The summed E-state index contributed by atoms with van der Waals surface area (Å²) in [6, 6.07) is 3.46. The van der Waals surface area contributed by atoms with Gasteiger partial charge in [-0.05, 0) is 51.7 Å². The lowest BCUT2D eigenvalue weighted by Gasteiger charge is -2.16. The summed E-state index contributed by atoms with van der Waals surface area (Å²) in [6.45, 7) is 6.79. The molecule has 30 heavy (non-hydrogen) atoms. The number of aliphatic imine (C=N–C) groups is 1. The van der Waals surface area contributed by atoms with Gasteiger partial charge in [0.2, 0.25) is 6.29 Å². The number of ether oxygens (including phenoxy) is 3. The standard InChI is InChI=1S/C22H24ClNO6/c1-9(2)28-22(27)30-11(4)29-21(26)16-8-15(16)20(25)12-5-17(23)19-14-7-13(14)10(3)24-18(19)6-12/h5-6,9,11,13-16H,7-8H2,1-4H3. The van der Waals surface area contributed by atoms with Gasteiger partial charge in [0.05, 0.1) is 17.7 Å². The number of fused-ring (bicyclic) bond motifs is 3. The van der Waals surface area contributed by atoms with Crippen LogP contribution in [-0.4, -0.2) is 36.0 Å². The Morgan fingerprint density at radius 1 is 1.03 bits per heavy atom. The lowest BCUT2D eigenvalue weighted by molar-refractivity contribution is -0.170. The summed E-state index contributed by atoms with van der Waals surface area (Å²) in [7, 11) is 0.